The zero-order valence-corrected chi connectivity index (χ0v) is 11.2. The van der Waals surface area contributed by atoms with Gasteiger partial charge in [-0.3, -0.25) is 0 Å². The van der Waals surface area contributed by atoms with E-state index < -0.39 is 0 Å². The standard InChI is InChI=1S/C13H17BrO2/c1-11(8-9-14)13(16-10-15-2)12-6-4-3-5-7-12/h3-9,11,13H,10H2,1-2H3/b9-8-/t11-,13+/m0/s1. The Hall–Kier alpha value is -0.640. The Bertz CT molecular complexity index is 311. The molecular formula is C13H17BrO2. The van der Waals surface area contributed by atoms with Crippen LogP contribution < -0.4 is 0 Å². The predicted octanol–water partition coefficient (Wildman–Crippen LogP) is 3.89. The van der Waals surface area contributed by atoms with Crippen molar-refractivity contribution in [1.29, 1.82) is 0 Å². The van der Waals surface area contributed by atoms with E-state index in [1.165, 1.54) is 0 Å². The van der Waals surface area contributed by atoms with Crippen LogP contribution in [0.2, 0.25) is 0 Å². The highest BCUT2D eigenvalue weighted by Crippen LogP contribution is 2.27. The maximum Gasteiger partial charge on any atom is 0.147 e. The fourth-order valence-electron chi connectivity index (χ4n) is 1.55. The predicted molar refractivity (Wildman–Crippen MR) is 69.4 cm³/mol. The molecule has 0 spiro atoms. The van der Waals surface area contributed by atoms with Crippen molar-refractivity contribution in [3.63, 3.8) is 0 Å². The molecule has 0 aliphatic rings. The fourth-order valence-corrected chi connectivity index (χ4v) is 2.03. The summed E-state index contributed by atoms with van der Waals surface area (Å²) in [5.41, 5.74) is 1.16. The Morgan fingerprint density at radius 3 is 2.56 bits per heavy atom. The first kappa shape index (κ1) is 13.4. The molecule has 1 aromatic carbocycles. The van der Waals surface area contributed by atoms with Crippen LogP contribution in [0.4, 0.5) is 0 Å². The third kappa shape index (κ3) is 4.08. The summed E-state index contributed by atoms with van der Waals surface area (Å²) >= 11 is 3.29. The second-order valence-corrected chi connectivity index (χ2v) is 4.11. The van der Waals surface area contributed by atoms with Gasteiger partial charge in [0.1, 0.15) is 6.79 Å². The van der Waals surface area contributed by atoms with E-state index in [1.807, 2.05) is 23.2 Å². The normalized spacial score (nSPS) is 15.2. The number of hydrogen-bond acceptors (Lipinski definition) is 2. The Morgan fingerprint density at radius 1 is 1.31 bits per heavy atom. The highest BCUT2D eigenvalue weighted by molar-refractivity contribution is 9.11. The lowest BCUT2D eigenvalue weighted by molar-refractivity contribution is -0.0849. The van der Waals surface area contributed by atoms with Gasteiger partial charge in [-0.05, 0) is 10.5 Å². The highest BCUT2D eigenvalue weighted by Gasteiger charge is 2.17. The Labute approximate surface area is 105 Å². The van der Waals surface area contributed by atoms with Gasteiger partial charge in [0.2, 0.25) is 0 Å². The quantitative estimate of drug-likeness (QED) is 0.738. The fraction of sp³-hybridized carbons (Fsp3) is 0.385. The summed E-state index contributed by atoms with van der Waals surface area (Å²) < 4.78 is 10.7. The molecule has 3 heteroatoms. The average molecular weight is 285 g/mol. The third-order valence-corrected chi connectivity index (χ3v) is 2.65. The van der Waals surface area contributed by atoms with Gasteiger partial charge in [0.05, 0.1) is 6.10 Å². The molecule has 0 bridgehead atoms. The molecule has 0 radical (unpaired) electrons. The Morgan fingerprint density at radius 2 is 2.00 bits per heavy atom. The Balaban J connectivity index is 2.78. The maximum atomic E-state index is 5.70. The van der Waals surface area contributed by atoms with Crippen LogP contribution in [0.1, 0.15) is 18.6 Å². The molecule has 0 unspecified atom stereocenters. The second kappa shape index (κ2) is 7.60. The van der Waals surface area contributed by atoms with Gasteiger partial charge < -0.3 is 9.47 Å². The van der Waals surface area contributed by atoms with Crippen LogP contribution in [0.15, 0.2) is 41.4 Å². The lowest BCUT2D eigenvalue weighted by atomic mass is 9.97. The van der Waals surface area contributed by atoms with Crippen LogP contribution in [0.3, 0.4) is 0 Å². The van der Waals surface area contributed by atoms with E-state index in [2.05, 4.69) is 41.1 Å². The lowest BCUT2D eigenvalue weighted by Gasteiger charge is -2.22. The van der Waals surface area contributed by atoms with Gasteiger partial charge in [-0.15, -0.1) is 0 Å². The number of halogens is 1. The van der Waals surface area contributed by atoms with Gasteiger partial charge in [0.15, 0.2) is 0 Å². The van der Waals surface area contributed by atoms with Gasteiger partial charge in [-0.25, -0.2) is 0 Å². The molecule has 0 heterocycles. The SMILES string of the molecule is COCO[C@@H](c1ccccc1)[C@@H](C)/C=C\Br. The van der Waals surface area contributed by atoms with Crippen LogP contribution in [0.5, 0.6) is 0 Å². The van der Waals surface area contributed by atoms with Gasteiger partial charge in [0, 0.05) is 13.0 Å². The molecular weight excluding hydrogens is 268 g/mol. The number of benzene rings is 1. The van der Waals surface area contributed by atoms with Gasteiger partial charge in [0.25, 0.3) is 0 Å². The zero-order valence-electron chi connectivity index (χ0n) is 9.60. The minimum Gasteiger partial charge on any atom is -0.359 e. The van der Waals surface area contributed by atoms with E-state index in [0.717, 1.165) is 5.56 Å². The van der Waals surface area contributed by atoms with Gasteiger partial charge >= 0.3 is 0 Å². The number of rotatable bonds is 6. The van der Waals surface area contributed by atoms with Gasteiger partial charge in [-0.1, -0.05) is 59.3 Å². The van der Waals surface area contributed by atoms with Gasteiger partial charge in [-0.2, -0.15) is 0 Å². The van der Waals surface area contributed by atoms with Crippen molar-refractivity contribution in [1.82, 2.24) is 0 Å². The van der Waals surface area contributed by atoms with E-state index in [-0.39, 0.29) is 12.0 Å². The van der Waals surface area contributed by atoms with Crippen LogP contribution in [-0.4, -0.2) is 13.9 Å². The summed E-state index contributed by atoms with van der Waals surface area (Å²) in [6.45, 7) is 2.42. The summed E-state index contributed by atoms with van der Waals surface area (Å²) in [5.74, 6) is 0.289. The number of methoxy groups -OCH3 is 1. The van der Waals surface area contributed by atoms with E-state index in [0.29, 0.717) is 6.79 Å². The molecule has 0 saturated heterocycles. The van der Waals surface area contributed by atoms with Crippen molar-refractivity contribution < 1.29 is 9.47 Å². The molecule has 0 saturated carbocycles. The topological polar surface area (TPSA) is 18.5 Å². The van der Waals surface area contributed by atoms with Crippen molar-refractivity contribution >= 4 is 15.9 Å². The minimum atomic E-state index is 0.0231. The molecule has 0 N–H and O–H groups in total. The Kier molecular flexibility index (Phi) is 6.38. The first-order chi connectivity index (χ1) is 7.79. The molecule has 1 aromatic rings. The summed E-state index contributed by atoms with van der Waals surface area (Å²) in [5, 5.41) is 0. The van der Waals surface area contributed by atoms with Crippen LogP contribution in [-0.2, 0) is 9.47 Å². The largest absolute Gasteiger partial charge is 0.359 e. The van der Waals surface area contributed by atoms with Crippen LogP contribution in [0, 0.1) is 5.92 Å². The van der Waals surface area contributed by atoms with Crippen molar-refractivity contribution in [3.8, 4) is 0 Å². The summed E-state index contributed by atoms with van der Waals surface area (Å²) in [7, 11) is 1.63. The number of hydrogen-bond donors (Lipinski definition) is 0. The monoisotopic (exact) mass is 284 g/mol. The van der Waals surface area contributed by atoms with Crippen molar-refractivity contribution in [2.75, 3.05) is 13.9 Å². The van der Waals surface area contributed by atoms with E-state index in [4.69, 9.17) is 9.47 Å². The summed E-state index contributed by atoms with van der Waals surface area (Å²) in [4.78, 5) is 1.86. The molecule has 88 valence electrons. The molecule has 0 amide bonds. The van der Waals surface area contributed by atoms with Crippen LogP contribution >= 0.6 is 15.9 Å². The van der Waals surface area contributed by atoms with Crippen molar-refractivity contribution in [2.45, 2.75) is 13.0 Å². The molecule has 0 aliphatic carbocycles. The lowest BCUT2D eigenvalue weighted by Crippen LogP contribution is -2.13. The smallest absolute Gasteiger partial charge is 0.147 e. The first-order valence-electron chi connectivity index (χ1n) is 5.22. The van der Waals surface area contributed by atoms with Crippen LogP contribution in [0.25, 0.3) is 0 Å². The molecule has 0 fully saturated rings. The summed E-state index contributed by atoms with van der Waals surface area (Å²) in [6.07, 6.45) is 2.09. The summed E-state index contributed by atoms with van der Waals surface area (Å²) in [6, 6.07) is 10.2. The maximum absolute atomic E-state index is 5.70. The molecule has 0 aromatic heterocycles. The van der Waals surface area contributed by atoms with E-state index in [9.17, 15) is 0 Å². The molecule has 2 nitrogen and oxygen atoms in total. The van der Waals surface area contributed by atoms with Crippen molar-refractivity contribution in [3.05, 3.63) is 47.0 Å². The van der Waals surface area contributed by atoms with E-state index >= 15 is 0 Å². The zero-order chi connectivity index (χ0) is 11.8. The van der Waals surface area contributed by atoms with Crippen molar-refractivity contribution in [2.24, 2.45) is 5.92 Å². The average Bonchev–Trinajstić information content (AvgIpc) is 2.31. The minimum absolute atomic E-state index is 0.0231. The molecule has 1 rings (SSSR count). The number of ether oxygens (including phenoxy) is 2. The first-order valence-corrected chi connectivity index (χ1v) is 6.13. The highest BCUT2D eigenvalue weighted by atomic mass is 79.9. The molecule has 16 heavy (non-hydrogen) atoms. The molecule has 0 aliphatic heterocycles. The third-order valence-electron chi connectivity index (χ3n) is 2.35. The second-order valence-electron chi connectivity index (χ2n) is 3.58. The molecule has 2 atom stereocenters. The van der Waals surface area contributed by atoms with E-state index in [1.54, 1.807) is 7.11 Å².